The molecular formula is C25H36FN5O3S. The molecule has 3 fully saturated rings. The third-order valence-electron chi connectivity index (χ3n) is 6.58. The Labute approximate surface area is 210 Å². The minimum Gasteiger partial charge on any atom is -0.481 e. The second kappa shape index (κ2) is 11.9. The molecule has 192 valence electrons. The highest BCUT2D eigenvalue weighted by molar-refractivity contribution is 8.00. The Kier molecular flexibility index (Phi) is 9.15. The standard InChI is InChI=1S/C17H19FN4O2.C6H12S.C2H5NO/c1-24-15-8-11(12(18)10-19-15)13-9-14(21-20-13)16(23)22-7-3-2-4-17(22)5-6-17;1-6(2)4-3-5-7-6;1-3-2-4/h8-10H,2-7H2,1H3,(H,20,21);3-5H2,1-2H3;2H,1H3,(H,3,4). The number of hydrogen-bond acceptors (Lipinski definition) is 6. The number of piperidine rings is 1. The molecular weight excluding hydrogens is 469 g/mol. The minimum absolute atomic E-state index is 0.0487. The van der Waals surface area contributed by atoms with Gasteiger partial charge < -0.3 is 15.0 Å². The second-order valence-electron chi connectivity index (χ2n) is 9.63. The highest BCUT2D eigenvalue weighted by Gasteiger charge is 2.51. The molecule has 2 aromatic rings. The second-order valence-corrected chi connectivity index (χ2v) is 11.4. The van der Waals surface area contributed by atoms with Crippen molar-refractivity contribution in [2.45, 2.75) is 69.1 Å². The summed E-state index contributed by atoms with van der Waals surface area (Å²) in [6.07, 6.45) is 10.0. The van der Waals surface area contributed by atoms with E-state index in [1.165, 1.54) is 38.2 Å². The Balaban J connectivity index is 0.000000259. The van der Waals surface area contributed by atoms with Crippen LogP contribution in [-0.4, -0.2) is 69.1 Å². The third-order valence-corrected chi connectivity index (χ3v) is 8.05. The first-order valence-corrected chi connectivity index (χ1v) is 13.1. The van der Waals surface area contributed by atoms with Crippen molar-refractivity contribution in [1.29, 1.82) is 0 Å². The van der Waals surface area contributed by atoms with E-state index in [2.05, 4.69) is 46.1 Å². The van der Waals surface area contributed by atoms with E-state index in [1.807, 2.05) is 4.90 Å². The molecule has 2 N–H and O–H groups in total. The average Bonchev–Trinajstić information content (AvgIpc) is 3.25. The van der Waals surface area contributed by atoms with E-state index in [-0.39, 0.29) is 17.0 Å². The zero-order valence-electron chi connectivity index (χ0n) is 21.0. The number of rotatable bonds is 4. The number of hydrogen-bond donors (Lipinski definition) is 2. The fraction of sp³-hybridized carbons (Fsp3) is 0.600. The maximum Gasteiger partial charge on any atom is 0.272 e. The third kappa shape index (κ3) is 6.96. The number of amides is 2. The van der Waals surface area contributed by atoms with Gasteiger partial charge in [0.25, 0.3) is 5.91 Å². The molecule has 2 saturated heterocycles. The number of aromatic amines is 1. The fourth-order valence-corrected chi connectivity index (χ4v) is 5.57. The lowest BCUT2D eigenvalue weighted by Gasteiger charge is -2.35. The van der Waals surface area contributed by atoms with Gasteiger partial charge in [-0.3, -0.25) is 14.7 Å². The van der Waals surface area contributed by atoms with Crippen LogP contribution >= 0.6 is 11.8 Å². The lowest BCUT2D eigenvalue weighted by Crippen LogP contribution is -2.45. The van der Waals surface area contributed by atoms with Crippen LogP contribution in [0.3, 0.4) is 0 Å². The van der Waals surface area contributed by atoms with Crippen molar-refractivity contribution in [2.24, 2.45) is 0 Å². The molecule has 3 aliphatic rings. The molecule has 8 nitrogen and oxygen atoms in total. The molecule has 1 spiro atoms. The van der Waals surface area contributed by atoms with E-state index in [0.29, 0.717) is 28.4 Å². The van der Waals surface area contributed by atoms with E-state index in [9.17, 15) is 9.18 Å². The summed E-state index contributed by atoms with van der Waals surface area (Å²) >= 11 is 2.10. The molecule has 2 aliphatic heterocycles. The largest absolute Gasteiger partial charge is 0.481 e. The predicted octanol–water partition coefficient (Wildman–Crippen LogP) is 4.43. The maximum atomic E-state index is 14.0. The van der Waals surface area contributed by atoms with Gasteiger partial charge in [0.15, 0.2) is 5.82 Å². The number of thioether (sulfide) groups is 1. The number of pyridine rings is 1. The number of nitrogens with zero attached hydrogens (tertiary/aromatic N) is 3. The van der Waals surface area contributed by atoms with Gasteiger partial charge in [-0.1, -0.05) is 13.8 Å². The van der Waals surface area contributed by atoms with E-state index in [4.69, 9.17) is 9.53 Å². The van der Waals surface area contributed by atoms with E-state index in [0.717, 1.165) is 38.4 Å². The van der Waals surface area contributed by atoms with E-state index < -0.39 is 5.82 Å². The molecule has 0 aromatic carbocycles. The topological polar surface area (TPSA) is 100 Å². The molecule has 2 aromatic heterocycles. The van der Waals surface area contributed by atoms with Gasteiger partial charge in [-0.25, -0.2) is 9.37 Å². The Hall–Kier alpha value is -2.62. The number of carbonyl (C=O) groups excluding carboxylic acids is 2. The summed E-state index contributed by atoms with van der Waals surface area (Å²) < 4.78 is 19.7. The molecule has 0 atom stereocenters. The smallest absolute Gasteiger partial charge is 0.272 e. The van der Waals surface area contributed by atoms with Gasteiger partial charge in [0.1, 0.15) is 5.69 Å². The van der Waals surface area contributed by atoms with Crippen molar-refractivity contribution in [2.75, 3.05) is 26.5 Å². The van der Waals surface area contributed by atoms with Gasteiger partial charge in [-0.05, 0) is 56.8 Å². The first-order valence-electron chi connectivity index (χ1n) is 12.1. The minimum atomic E-state index is -0.502. The number of carbonyl (C=O) groups is 2. The number of halogens is 1. The highest BCUT2D eigenvalue weighted by atomic mass is 32.2. The van der Waals surface area contributed by atoms with Gasteiger partial charge >= 0.3 is 0 Å². The SMILES string of the molecule is CC1(C)CCCS1.CNC=O.COc1cc(-c2cc(C(=O)N3CCCCC34CC4)[nH]n2)c(F)cn1. The van der Waals surface area contributed by atoms with Crippen LogP contribution in [0.4, 0.5) is 4.39 Å². The van der Waals surface area contributed by atoms with Crippen LogP contribution < -0.4 is 10.1 Å². The monoisotopic (exact) mass is 505 g/mol. The number of nitrogens with one attached hydrogen (secondary N) is 2. The van der Waals surface area contributed by atoms with Crippen molar-refractivity contribution < 1.29 is 18.7 Å². The summed E-state index contributed by atoms with van der Waals surface area (Å²) in [6, 6.07) is 3.08. The van der Waals surface area contributed by atoms with Crippen LogP contribution in [0.25, 0.3) is 11.3 Å². The lowest BCUT2D eigenvalue weighted by atomic mass is 9.99. The van der Waals surface area contributed by atoms with Crippen LogP contribution in [0, 0.1) is 5.82 Å². The zero-order chi connectivity index (χ0) is 25.5. The van der Waals surface area contributed by atoms with Gasteiger partial charge in [0.2, 0.25) is 12.3 Å². The Morgan fingerprint density at radius 3 is 2.51 bits per heavy atom. The molecule has 10 heteroatoms. The summed E-state index contributed by atoms with van der Waals surface area (Å²) in [5, 5.41) is 9.12. The number of ether oxygens (including phenoxy) is 1. The summed E-state index contributed by atoms with van der Waals surface area (Å²) in [5.41, 5.74) is 1.09. The molecule has 35 heavy (non-hydrogen) atoms. The van der Waals surface area contributed by atoms with Crippen LogP contribution in [-0.2, 0) is 4.79 Å². The predicted molar refractivity (Wildman–Crippen MR) is 136 cm³/mol. The van der Waals surface area contributed by atoms with Gasteiger partial charge in [0, 0.05) is 35.5 Å². The number of methoxy groups -OCH3 is 1. The van der Waals surface area contributed by atoms with E-state index in [1.54, 1.807) is 13.1 Å². The lowest BCUT2D eigenvalue weighted by molar-refractivity contribution is -0.109. The van der Waals surface area contributed by atoms with Crippen molar-refractivity contribution >= 4 is 24.1 Å². The van der Waals surface area contributed by atoms with Crippen LogP contribution in [0.1, 0.15) is 69.3 Å². The van der Waals surface area contributed by atoms with Crippen molar-refractivity contribution in [3.8, 4) is 17.1 Å². The maximum absolute atomic E-state index is 14.0. The van der Waals surface area contributed by atoms with Crippen molar-refractivity contribution in [3.05, 3.63) is 29.8 Å². The highest BCUT2D eigenvalue weighted by Crippen LogP contribution is 2.48. The molecule has 5 rings (SSSR count). The Bertz CT molecular complexity index is 1000. The summed E-state index contributed by atoms with van der Waals surface area (Å²) in [5.74, 6) is 1.13. The van der Waals surface area contributed by atoms with Crippen molar-refractivity contribution in [1.82, 2.24) is 25.4 Å². The summed E-state index contributed by atoms with van der Waals surface area (Å²) in [6.45, 7) is 5.43. The van der Waals surface area contributed by atoms with E-state index >= 15 is 0 Å². The van der Waals surface area contributed by atoms with Crippen LogP contribution in [0.15, 0.2) is 18.3 Å². The molecule has 1 aliphatic carbocycles. The molecule has 0 bridgehead atoms. The molecule has 0 unspecified atom stereocenters. The Morgan fingerprint density at radius 2 is 1.97 bits per heavy atom. The summed E-state index contributed by atoms with van der Waals surface area (Å²) in [4.78, 5) is 27.7. The van der Waals surface area contributed by atoms with Crippen molar-refractivity contribution in [3.63, 3.8) is 0 Å². The zero-order valence-corrected chi connectivity index (χ0v) is 21.8. The quantitative estimate of drug-likeness (QED) is 0.596. The molecule has 4 heterocycles. The Morgan fingerprint density at radius 1 is 1.23 bits per heavy atom. The fourth-order valence-electron chi connectivity index (χ4n) is 4.44. The number of H-pyrrole nitrogens is 1. The first kappa shape index (κ1) is 27.0. The van der Waals surface area contributed by atoms with Gasteiger partial charge in [-0.15, -0.1) is 0 Å². The molecule has 1 saturated carbocycles. The van der Waals surface area contributed by atoms with Gasteiger partial charge in [0.05, 0.1) is 19.0 Å². The molecule has 2 amide bonds. The summed E-state index contributed by atoms with van der Waals surface area (Å²) in [7, 11) is 3.03. The number of likely N-dealkylation sites (tertiary alicyclic amines) is 1. The number of aromatic nitrogens is 3. The van der Waals surface area contributed by atoms with Crippen LogP contribution in [0.5, 0.6) is 5.88 Å². The van der Waals surface area contributed by atoms with Crippen LogP contribution in [0.2, 0.25) is 0 Å². The normalized spacial score (nSPS) is 19.1. The molecule has 0 radical (unpaired) electrons. The first-order chi connectivity index (χ1) is 16.7. The van der Waals surface area contributed by atoms with Gasteiger partial charge in [-0.2, -0.15) is 16.9 Å². The average molecular weight is 506 g/mol.